The number of carbonyl (C=O) groups excluding carboxylic acids is 3. The molecule has 2 aromatic carbocycles. The largest absolute Gasteiger partial charge is 0.469 e. The van der Waals surface area contributed by atoms with E-state index in [1.165, 1.54) is 30.6 Å². The summed E-state index contributed by atoms with van der Waals surface area (Å²) in [5, 5.41) is 15.8. The minimum absolute atomic E-state index is 0.0276. The smallest absolute Gasteiger partial charge is 0.308 e. The Kier molecular flexibility index (Phi) is 18.4. The number of thiophene rings is 1. The second kappa shape index (κ2) is 22.4. The second-order valence-corrected chi connectivity index (χ2v) is 15.5. The number of benzene rings is 2. The lowest BCUT2D eigenvalue weighted by Crippen LogP contribution is -2.25. The molecule has 0 aliphatic carbocycles. The van der Waals surface area contributed by atoms with E-state index in [-0.39, 0.29) is 24.0 Å². The van der Waals surface area contributed by atoms with Crippen LogP contribution in [0.5, 0.6) is 0 Å². The van der Waals surface area contributed by atoms with Crippen molar-refractivity contribution in [3.63, 3.8) is 0 Å². The third-order valence-electron chi connectivity index (χ3n) is 9.58. The molecule has 9 nitrogen and oxygen atoms in total. The lowest BCUT2D eigenvalue weighted by atomic mass is 9.91. The molecule has 3 rings (SSSR count). The molecule has 0 fully saturated rings. The monoisotopic (exact) mass is 793 g/mol. The normalized spacial score (nSPS) is 13.4. The fourth-order valence-electron chi connectivity index (χ4n) is 6.22. The molecule has 1 aromatic heterocycles. The van der Waals surface area contributed by atoms with Crippen molar-refractivity contribution >= 4 is 63.4 Å². The number of methoxy groups -OCH3 is 1. The van der Waals surface area contributed by atoms with Gasteiger partial charge in [-0.2, -0.15) is 10.2 Å². The topological polar surface area (TPSA) is 122 Å². The van der Waals surface area contributed by atoms with E-state index in [0.717, 1.165) is 64.9 Å². The highest BCUT2D eigenvalue weighted by Gasteiger charge is 2.26. The first-order valence-electron chi connectivity index (χ1n) is 19.2. The molecule has 2 N–H and O–H groups in total. The number of anilines is 1. The molecule has 1 heterocycles. The standard InChI is InChI=1S/C43H57ClFN5O4S/c1-10-16-27(5)49-50-29(7)36(25-38(51)54-9)48-40(31-17-19-32(44)20-18-31)39-28(6)42(55-30(39)8)43(53)47-22-15-13-14-21-46-37-24-33(45)23-35(34(37)12-3)41(52)26(4)11-2/h17-20,23-24,26,36,46H,10-16,21-22,25H2,1-9H3,(H,47,53)/b48-40?,49-27-,50-29+/t26-,36?/m0/s1. The van der Waals surface area contributed by atoms with E-state index < -0.39 is 17.8 Å². The number of Topliss-reactive ketones (excluding diaryl/α,β-unsaturated/α-hetero) is 1. The summed E-state index contributed by atoms with van der Waals surface area (Å²) in [6.45, 7) is 16.6. The maximum atomic E-state index is 14.5. The molecule has 1 unspecified atom stereocenters. The van der Waals surface area contributed by atoms with Gasteiger partial charge < -0.3 is 15.4 Å². The van der Waals surface area contributed by atoms with Gasteiger partial charge in [-0.05, 0) is 102 Å². The highest BCUT2D eigenvalue weighted by Crippen LogP contribution is 2.31. The first-order chi connectivity index (χ1) is 26.3. The van der Waals surface area contributed by atoms with Crippen molar-refractivity contribution in [2.24, 2.45) is 21.1 Å². The molecule has 12 heteroatoms. The van der Waals surface area contributed by atoms with Crippen molar-refractivity contribution in [2.75, 3.05) is 25.5 Å². The third-order valence-corrected chi connectivity index (χ3v) is 11.0. The quantitative estimate of drug-likeness (QED) is 0.0366. The number of esters is 1. The molecule has 0 spiro atoms. The molecule has 0 saturated heterocycles. The van der Waals surface area contributed by atoms with Crippen molar-refractivity contribution in [1.82, 2.24) is 5.32 Å². The number of ether oxygens (including phenoxy) is 1. The number of carbonyl (C=O) groups is 3. The lowest BCUT2D eigenvalue weighted by molar-refractivity contribution is -0.140. The van der Waals surface area contributed by atoms with Gasteiger partial charge >= 0.3 is 5.97 Å². The summed E-state index contributed by atoms with van der Waals surface area (Å²) in [6.07, 6.45) is 5.46. The van der Waals surface area contributed by atoms with Crippen molar-refractivity contribution in [2.45, 2.75) is 113 Å². The summed E-state index contributed by atoms with van der Waals surface area (Å²) >= 11 is 7.66. The van der Waals surface area contributed by atoms with Gasteiger partial charge in [0, 0.05) is 57.0 Å². The zero-order valence-electron chi connectivity index (χ0n) is 33.8. The van der Waals surface area contributed by atoms with Gasteiger partial charge in [0.2, 0.25) is 0 Å². The van der Waals surface area contributed by atoms with E-state index in [4.69, 9.17) is 21.3 Å². The van der Waals surface area contributed by atoms with Crippen LogP contribution in [0.1, 0.15) is 134 Å². The summed E-state index contributed by atoms with van der Waals surface area (Å²) < 4.78 is 19.5. The van der Waals surface area contributed by atoms with Crippen LogP contribution in [0.15, 0.2) is 51.6 Å². The molecule has 0 aliphatic heterocycles. The number of aryl methyl sites for hydroxylation is 1. The highest BCUT2D eigenvalue weighted by atomic mass is 35.5. The van der Waals surface area contributed by atoms with Crippen molar-refractivity contribution in [3.8, 4) is 0 Å². The summed E-state index contributed by atoms with van der Waals surface area (Å²) in [6, 6.07) is 9.48. The summed E-state index contributed by atoms with van der Waals surface area (Å²) in [5.74, 6) is -1.21. The van der Waals surface area contributed by atoms with Crippen LogP contribution in [-0.2, 0) is 16.0 Å². The van der Waals surface area contributed by atoms with Gasteiger partial charge in [0.25, 0.3) is 5.91 Å². The van der Waals surface area contributed by atoms with Gasteiger partial charge in [0.15, 0.2) is 5.78 Å². The van der Waals surface area contributed by atoms with E-state index in [2.05, 4.69) is 27.8 Å². The number of ketones is 1. The first kappa shape index (κ1) is 45.2. The Balaban J connectivity index is 1.77. The van der Waals surface area contributed by atoms with E-state index in [0.29, 0.717) is 58.5 Å². The van der Waals surface area contributed by atoms with Crippen LogP contribution in [0.4, 0.5) is 10.1 Å². The van der Waals surface area contributed by atoms with Crippen LogP contribution < -0.4 is 10.6 Å². The molecular formula is C43H57ClFN5O4S. The van der Waals surface area contributed by atoms with Crippen molar-refractivity contribution in [3.05, 3.63) is 84.8 Å². The Labute approximate surface area is 335 Å². The second-order valence-electron chi connectivity index (χ2n) is 13.8. The number of nitrogens with zero attached hydrogens (tertiary/aromatic N) is 3. The van der Waals surface area contributed by atoms with Gasteiger partial charge in [-0.15, -0.1) is 11.3 Å². The SMILES string of the molecule is CCC/C(C)=N\N=C(/C)C(CC(=O)OC)N=C(c1ccc(Cl)cc1)c1c(C)sc(C(=O)NCCCCCNc2cc(F)cc(C(=O)[C@@H](C)CC)c2CC)c1C. The Hall–Kier alpha value is -4.22. The summed E-state index contributed by atoms with van der Waals surface area (Å²) in [5.41, 5.74) is 6.42. The van der Waals surface area contributed by atoms with Crippen LogP contribution in [-0.4, -0.2) is 61.0 Å². The lowest BCUT2D eigenvalue weighted by Gasteiger charge is -2.17. The molecule has 1 amide bonds. The molecule has 2 atom stereocenters. The maximum Gasteiger partial charge on any atom is 0.308 e. The number of unbranched alkanes of at least 4 members (excludes halogenated alkanes) is 2. The molecule has 0 radical (unpaired) electrons. The highest BCUT2D eigenvalue weighted by molar-refractivity contribution is 7.14. The van der Waals surface area contributed by atoms with Crippen LogP contribution in [0.2, 0.25) is 5.02 Å². The van der Waals surface area contributed by atoms with Gasteiger partial charge in [0.1, 0.15) is 11.9 Å². The zero-order chi connectivity index (χ0) is 40.7. The Morgan fingerprint density at radius 2 is 1.67 bits per heavy atom. The molecule has 3 aromatic rings. The van der Waals surface area contributed by atoms with Crippen molar-refractivity contribution < 1.29 is 23.5 Å². The Bertz CT molecular complexity index is 1890. The average Bonchev–Trinajstić information content (AvgIpc) is 3.47. The number of amides is 1. The predicted molar refractivity (Wildman–Crippen MR) is 227 cm³/mol. The average molecular weight is 794 g/mol. The molecule has 0 aliphatic rings. The number of hydrogen-bond acceptors (Lipinski definition) is 9. The molecule has 55 heavy (non-hydrogen) atoms. The molecule has 0 saturated carbocycles. The molecular weight excluding hydrogens is 737 g/mol. The maximum absolute atomic E-state index is 14.5. The van der Waals surface area contributed by atoms with Crippen LogP contribution in [0.25, 0.3) is 0 Å². The summed E-state index contributed by atoms with van der Waals surface area (Å²) in [4.78, 5) is 45.7. The first-order valence-corrected chi connectivity index (χ1v) is 20.4. The number of rotatable bonds is 21. The minimum atomic E-state index is -0.662. The predicted octanol–water partition coefficient (Wildman–Crippen LogP) is 10.4. The zero-order valence-corrected chi connectivity index (χ0v) is 35.4. The number of aliphatic imine (C=N–C) groups is 1. The fourth-order valence-corrected chi connectivity index (χ4v) is 7.42. The number of nitrogens with one attached hydrogen (secondary N) is 2. The van der Waals surface area contributed by atoms with E-state index in [1.807, 2.05) is 53.7 Å². The third kappa shape index (κ3) is 12.9. The Morgan fingerprint density at radius 3 is 2.31 bits per heavy atom. The van der Waals surface area contributed by atoms with Crippen LogP contribution in [0, 0.1) is 25.6 Å². The van der Waals surface area contributed by atoms with Crippen LogP contribution in [0.3, 0.4) is 0 Å². The van der Waals surface area contributed by atoms with Crippen molar-refractivity contribution in [1.29, 1.82) is 0 Å². The van der Waals surface area contributed by atoms with Gasteiger partial charge in [-0.3, -0.25) is 19.4 Å². The molecule has 298 valence electrons. The van der Waals surface area contributed by atoms with Crippen LogP contribution >= 0.6 is 22.9 Å². The van der Waals surface area contributed by atoms with E-state index in [9.17, 15) is 18.8 Å². The van der Waals surface area contributed by atoms with Gasteiger partial charge in [-0.1, -0.05) is 57.8 Å². The van der Waals surface area contributed by atoms with E-state index >= 15 is 0 Å². The Morgan fingerprint density at radius 1 is 0.982 bits per heavy atom. The number of halogens is 2. The van der Waals surface area contributed by atoms with Gasteiger partial charge in [-0.25, -0.2) is 4.39 Å². The summed E-state index contributed by atoms with van der Waals surface area (Å²) in [7, 11) is 1.34. The number of hydrogen-bond donors (Lipinski definition) is 2. The minimum Gasteiger partial charge on any atom is -0.469 e. The fraction of sp³-hybridized carbons (Fsp3) is 0.488. The molecule has 0 bridgehead atoms. The van der Waals surface area contributed by atoms with E-state index in [1.54, 1.807) is 19.1 Å². The van der Waals surface area contributed by atoms with Gasteiger partial charge in [0.05, 0.1) is 29.8 Å².